The van der Waals surface area contributed by atoms with Crippen molar-refractivity contribution < 1.29 is 13.9 Å². The van der Waals surface area contributed by atoms with Gasteiger partial charge in [-0.15, -0.1) is 0 Å². The fraction of sp³-hybridized carbons (Fsp3) is 0.269. The largest absolute Gasteiger partial charge is 0.390 e. The van der Waals surface area contributed by atoms with Gasteiger partial charge in [-0.25, -0.2) is 23.7 Å². The molecule has 1 fully saturated rings. The Morgan fingerprint density at radius 1 is 0.941 bits per heavy atom. The third-order valence-corrected chi connectivity index (χ3v) is 6.34. The summed E-state index contributed by atoms with van der Waals surface area (Å²) in [5, 5.41) is 13.5. The number of imidazole rings is 1. The molecule has 2 N–H and O–H groups in total. The van der Waals surface area contributed by atoms with Gasteiger partial charge in [-0.05, 0) is 87.2 Å². The molecule has 0 unspecified atom stereocenters. The van der Waals surface area contributed by atoms with Crippen LogP contribution in [0, 0.1) is 11.6 Å². The summed E-state index contributed by atoms with van der Waals surface area (Å²) in [6.45, 7) is 1.87. The normalized spacial score (nSPS) is 20.3. The van der Waals surface area contributed by atoms with Crippen LogP contribution < -0.4 is 5.32 Å². The molecule has 1 saturated carbocycles. The average molecular weight is 462 g/mol. The highest BCUT2D eigenvalue weighted by molar-refractivity contribution is 5.77. The van der Waals surface area contributed by atoms with Crippen LogP contribution in [0.3, 0.4) is 0 Å². The third kappa shape index (κ3) is 4.68. The molecule has 174 valence electrons. The Hall–Kier alpha value is -3.65. The van der Waals surface area contributed by atoms with Crippen LogP contribution in [0.2, 0.25) is 0 Å². The second-order valence-corrected chi connectivity index (χ2v) is 8.98. The Morgan fingerprint density at radius 2 is 1.59 bits per heavy atom. The topological polar surface area (TPSA) is 75.9 Å². The van der Waals surface area contributed by atoms with Crippen LogP contribution in [0.15, 0.2) is 67.1 Å². The lowest BCUT2D eigenvalue weighted by atomic mass is 9.83. The maximum atomic E-state index is 13.6. The SMILES string of the molecule is CC1(O)CCC(n2cnc(-c3ccc(F)cc3)c2-c2ccnc(Nc3ccc(F)cc3)n2)CC1. The van der Waals surface area contributed by atoms with E-state index in [-0.39, 0.29) is 17.7 Å². The molecule has 1 aliphatic rings. The molecule has 34 heavy (non-hydrogen) atoms. The number of aliphatic hydroxyl groups is 1. The molecule has 0 bridgehead atoms. The molecule has 2 heterocycles. The van der Waals surface area contributed by atoms with Crippen LogP contribution in [-0.4, -0.2) is 30.2 Å². The van der Waals surface area contributed by atoms with E-state index in [0.717, 1.165) is 24.1 Å². The molecule has 0 radical (unpaired) electrons. The van der Waals surface area contributed by atoms with E-state index in [9.17, 15) is 13.9 Å². The molecule has 5 rings (SSSR count). The van der Waals surface area contributed by atoms with E-state index in [1.165, 1.54) is 24.3 Å². The summed E-state index contributed by atoms with van der Waals surface area (Å²) in [6, 6.07) is 14.2. The van der Waals surface area contributed by atoms with Crippen molar-refractivity contribution in [2.24, 2.45) is 0 Å². The summed E-state index contributed by atoms with van der Waals surface area (Å²) in [5.74, 6) is -0.264. The van der Waals surface area contributed by atoms with Crippen molar-refractivity contribution in [3.63, 3.8) is 0 Å². The van der Waals surface area contributed by atoms with E-state index in [0.29, 0.717) is 35.9 Å². The van der Waals surface area contributed by atoms with Gasteiger partial charge in [0.05, 0.1) is 29.0 Å². The molecule has 8 heteroatoms. The maximum absolute atomic E-state index is 13.6. The predicted octanol–water partition coefficient (Wildman–Crippen LogP) is 5.90. The molecule has 0 spiro atoms. The first kappa shape index (κ1) is 22.2. The molecule has 0 amide bonds. The minimum absolute atomic E-state index is 0.153. The minimum atomic E-state index is -0.655. The Labute approximate surface area is 196 Å². The predicted molar refractivity (Wildman–Crippen MR) is 126 cm³/mol. The van der Waals surface area contributed by atoms with Crippen LogP contribution in [0.5, 0.6) is 0 Å². The Morgan fingerprint density at radius 3 is 2.26 bits per heavy atom. The number of hydrogen-bond donors (Lipinski definition) is 2. The summed E-state index contributed by atoms with van der Waals surface area (Å²) >= 11 is 0. The van der Waals surface area contributed by atoms with Crippen LogP contribution >= 0.6 is 0 Å². The zero-order valence-corrected chi connectivity index (χ0v) is 18.7. The monoisotopic (exact) mass is 461 g/mol. The van der Waals surface area contributed by atoms with E-state index < -0.39 is 5.60 Å². The molecule has 2 aromatic heterocycles. The summed E-state index contributed by atoms with van der Waals surface area (Å²) in [6.07, 6.45) is 6.47. The minimum Gasteiger partial charge on any atom is -0.390 e. The lowest BCUT2D eigenvalue weighted by molar-refractivity contribution is 0.0101. The molecule has 6 nitrogen and oxygen atoms in total. The molecule has 0 atom stereocenters. The standard InChI is InChI=1S/C26H25F2N5O/c1-26(34)13-10-21(11-14-26)33-16-30-23(17-2-4-18(27)5-3-17)24(33)22-12-15-29-25(32-22)31-20-8-6-19(28)7-9-20/h2-9,12,15-16,21,34H,10-11,13-14H2,1H3,(H,29,31,32). The third-order valence-electron chi connectivity index (χ3n) is 6.34. The number of aromatic nitrogens is 4. The highest BCUT2D eigenvalue weighted by Crippen LogP contribution is 2.39. The lowest BCUT2D eigenvalue weighted by Gasteiger charge is -2.34. The van der Waals surface area contributed by atoms with Crippen LogP contribution in [0.25, 0.3) is 22.6 Å². The van der Waals surface area contributed by atoms with Crippen molar-refractivity contribution in [1.29, 1.82) is 0 Å². The van der Waals surface area contributed by atoms with Gasteiger partial charge in [0.2, 0.25) is 5.95 Å². The first-order chi connectivity index (χ1) is 16.4. The van der Waals surface area contributed by atoms with Crippen molar-refractivity contribution >= 4 is 11.6 Å². The van der Waals surface area contributed by atoms with Crippen molar-refractivity contribution in [2.75, 3.05) is 5.32 Å². The highest BCUT2D eigenvalue weighted by Gasteiger charge is 2.31. The van der Waals surface area contributed by atoms with Gasteiger partial charge >= 0.3 is 0 Å². The second kappa shape index (κ2) is 8.95. The fourth-order valence-corrected chi connectivity index (χ4v) is 4.43. The zero-order valence-electron chi connectivity index (χ0n) is 18.7. The van der Waals surface area contributed by atoms with Gasteiger partial charge in [-0.2, -0.15) is 0 Å². The Kier molecular flexibility index (Phi) is 5.83. The number of nitrogens with one attached hydrogen (secondary N) is 1. The van der Waals surface area contributed by atoms with Crippen molar-refractivity contribution in [2.45, 2.75) is 44.2 Å². The molecular formula is C26H25F2N5O. The van der Waals surface area contributed by atoms with E-state index in [1.54, 1.807) is 36.8 Å². The van der Waals surface area contributed by atoms with Gasteiger partial charge in [-0.3, -0.25) is 0 Å². The number of hydrogen-bond acceptors (Lipinski definition) is 5. The average Bonchev–Trinajstić information content (AvgIpc) is 3.26. The number of rotatable bonds is 5. The second-order valence-electron chi connectivity index (χ2n) is 8.98. The van der Waals surface area contributed by atoms with E-state index >= 15 is 0 Å². The fourth-order valence-electron chi connectivity index (χ4n) is 4.43. The van der Waals surface area contributed by atoms with Gasteiger partial charge in [0, 0.05) is 23.5 Å². The van der Waals surface area contributed by atoms with Crippen LogP contribution in [-0.2, 0) is 0 Å². The summed E-state index contributed by atoms with van der Waals surface area (Å²) in [5.41, 5.74) is 2.96. The van der Waals surface area contributed by atoms with Crippen LogP contribution in [0.4, 0.5) is 20.4 Å². The van der Waals surface area contributed by atoms with E-state index in [4.69, 9.17) is 4.98 Å². The van der Waals surface area contributed by atoms with Gasteiger partial charge in [-0.1, -0.05) is 0 Å². The van der Waals surface area contributed by atoms with E-state index in [1.807, 2.05) is 13.0 Å². The van der Waals surface area contributed by atoms with Gasteiger partial charge in [0.15, 0.2) is 0 Å². The molecule has 0 saturated heterocycles. The van der Waals surface area contributed by atoms with Crippen molar-refractivity contribution in [3.05, 3.63) is 78.8 Å². The smallest absolute Gasteiger partial charge is 0.227 e. The number of nitrogens with zero attached hydrogens (tertiary/aromatic N) is 4. The molecule has 0 aliphatic heterocycles. The first-order valence-corrected chi connectivity index (χ1v) is 11.3. The number of anilines is 2. The van der Waals surface area contributed by atoms with Crippen molar-refractivity contribution in [1.82, 2.24) is 19.5 Å². The number of benzene rings is 2. The van der Waals surface area contributed by atoms with Gasteiger partial charge < -0.3 is 15.0 Å². The van der Waals surface area contributed by atoms with Crippen LogP contribution in [0.1, 0.15) is 38.6 Å². The van der Waals surface area contributed by atoms with Gasteiger partial charge in [0.1, 0.15) is 11.6 Å². The molecule has 2 aromatic carbocycles. The van der Waals surface area contributed by atoms with E-state index in [2.05, 4.69) is 19.9 Å². The number of halogens is 2. The zero-order chi connectivity index (χ0) is 23.7. The first-order valence-electron chi connectivity index (χ1n) is 11.3. The molecule has 1 aliphatic carbocycles. The Balaban J connectivity index is 1.55. The highest BCUT2D eigenvalue weighted by atomic mass is 19.1. The maximum Gasteiger partial charge on any atom is 0.227 e. The summed E-state index contributed by atoms with van der Waals surface area (Å²) in [4.78, 5) is 13.7. The quantitative estimate of drug-likeness (QED) is 0.387. The van der Waals surface area contributed by atoms with Gasteiger partial charge in [0.25, 0.3) is 0 Å². The van der Waals surface area contributed by atoms with Crippen molar-refractivity contribution in [3.8, 4) is 22.6 Å². The summed E-state index contributed by atoms with van der Waals surface area (Å²) < 4.78 is 29.0. The Bertz CT molecular complexity index is 1280. The molecule has 4 aromatic rings. The summed E-state index contributed by atoms with van der Waals surface area (Å²) in [7, 11) is 0. The lowest BCUT2D eigenvalue weighted by Crippen LogP contribution is -2.31. The molecular weight excluding hydrogens is 436 g/mol.